The van der Waals surface area contributed by atoms with Gasteiger partial charge in [0.1, 0.15) is 17.8 Å². The summed E-state index contributed by atoms with van der Waals surface area (Å²) in [5.74, 6) is 1.38. The van der Waals surface area contributed by atoms with Gasteiger partial charge >= 0.3 is 0 Å². The first kappa shape index (κ1) is 16.4. The number of benzene rings is 1. The number of hydrogen-bond donors (Lipinski definition) is 1. The number of aromatic nitrogens is 2. The van der Waals surface area contributed by atoms with Gasteiger partial charge in [-0.3, -0.25) is 4.79 Å². The second-order valence-electron chi connectivity index (χ2n) is 6.45. The Morgan fingerprint density at radius 1 is 1.29 bits per heavy atom. The van der Waals surface area contributed by atoms with E-state index in [0.29, 0.717) is 18.2 Å². The lowest BCUT2D eigenvalue weighted by molar-refractivity contribution is 0.0949. The van der Waals surface area contributed by atoms with Crippen LogP contribution in [0.15, 0.2) is 42.7 Å². The number of anilines is 1. The van der Waals surface area contributed by atoms with Crippen molar-refractivity contribution in [2.24, 2.45) is 5.92 Å². The molecule has 0 radical (unpaired) electrons. The third-order valence-corrected chi connectivity index (χ3v) is 4.41. The van der Waals surface area contributed by atoms with Crippen molar-refractivity contribution in [2.45, 2.75) is 26.2 Å². The van der Waals surface area contributed by atoms with Crippen LogP contribution in [0.4, 0.5) is 5.82 Å². The summed E-state index contributed by atoms with van der Waals surface area (Å²) in [6.45, 7) is 4.84. The first-order valence-electron chi connectivity index (χ1n) is 8.61. The fourth-order valence-electron chi connectivity index (χ4n) is 3.10. The minimum atomic E-state index is -0.139. The van der Waals surface area contributed by atoms with E-state index in [2.05, 4.69) is 39.2 Å². The highest BCUT2D eigenvalue weighted by molar-refractivity contribution is 5.92. The average molecular weight is 324 g/mol. The van der Waals surface area contributed by atoms with E-state index in [-0.39, 0.29) is 5.91 Å². The van der Waals surface area contributed by atoms with Crippen molar-refractivity contribution >= 4 is 11.7 Å². The van der Waals surface area contributed by atoms with Crippen LogP contribution in [-0.2, 0) is 6.42 Å². The Hall–Kier alpha value is -2.43. The highest BCUT2D eigenvalue weighted by Crippen LogP contribution is 2.21. The van der Waals surface area contributed by atoms with Gasteiger partial charge in [-0.2, -0.15) is 0 Å². The minimum Gasteiger partial charge on any atom is -0.356 e. The van der Waals surface area contributed by atoms with Crippen molar-refractivity contribution in [1.29, 1.82) is 0 Å². The van der Waals surface area contributed by atoms with Crippen LogP contribution in [0.25, 0.3) is 0 Å². The molecule has 2 aromatic rings. The Balaban J connectivity index is 1.57. The van der Waals surface area contributed by atoms with Gasteiger partial charge in [-0.05, 0) is 30.7 Å². The molecule has 2 heterocycles. The number of hydrogen-bond acceptors (Lipinski definition) is 4. The number of carbonyl (C=O) groups is 1. The molecule has 0 aliphatic carbocycles. The van der Waals surface area contributed by atoms with E-state index in [0.717, 1.165) is 25.3 Å². The monoisotopic (exact) mass is 324 g/mol. The van der Waals surface area contributed by atoms with Crippen molar-refractivity contribution in [1.82, 2.24) is 15.3 Å². The highest BCUT2D eigenvalue weighted by Gasteiger charge is 2.19. The molecule has 0 spiro atoms. The summed E-state index contributed by atoms with van der Waals surface area (Å²) in [4.78, 5) is 23.0. The summed E-state index contributed by atoms with van der Waals surface area (Å²) in [6.07, 6.45) is 4.73. The van der Waals surface area contributed by atoms with Crippen molar-refractivity contribution < 1.29 is 4.79 Å². The van der Waals surface area contributed by atoms with Crippen LogP contribution in [0, 0.1) is 5.92 Å². The summed E-state index contributed by atoms with van der Waals surface area (Å²) < 4.78 is 0. The van der Waals surface area contributed by atoms with Crippen molar-refractivity contribution in [3.05, 3.63) is 54.0 Å². The summed E-state index contributed by atoms with van der Waals surface area (Å²) in [7, 11) is 0. The van der Waals surface area contributed by atoms with Crippen LogP contribution < -0.4 is 10.2 Å². The normalized spacial score (nSPS) is 17.5. The fourth-order valence-corrected chi connectivity index (χ4v) is 3.10. The molecule has 1 N–H and O–H groups in total. The van der Waals surface area contributed by atoms with Gasteiger partial charge in [0.2, 0.25) is 0 Å². The second-order valence-corrected chi connectivity index (χ2v) is 6.45. The molecular weight excluding hydrogens is 300 g/mol. The summed E-state index contributed by atoms with van der Waals surface area (Å²) in [6, 6.07) is 11.9. The number of nitrogens with zero attached hydrogens (tertiary/aromatic N) is 3. The second kappa shape index (κ2) is 7.90. The minimum absolute atomic E-state index is 0.139. The average Bonchev–Trinajstić information content (AvgIpc) is 2.63. The SMILES string of the molecule is CC1CCCN(c2cc(C(=O)NCCc3ccccc3)ncn2)C1. The van der Waals surface area contributed by atoms with Gasteiger partial charge in [0, 0.05) is 25.7 Å². The molecule has 5 heteroatoms. The maximum absolute atomic E-state index is 12.3. The Kier molecular flexibility index (Phi) is 5.41. The molecule has 1 aromatic carbocycles. The zero-order valence-corrected chi connectivity index (χ0v) is 14.1. The van der Waals surface area contributed by atoms with Crippen LogP contribution >= 0.6 is 0 Å². The molecule has 24 heavy (non-hydrogen) atoms. The van der Waals surface area contributed by atoms with Gasteiger partial charge < -0.3 is 10.2 Å². The van der Waals surface area contributed by atoms with E-state index in [1.807, 2.05) is 18.2 Å². The zero-order valence-electron chi connectivity index (χ0n) is 14.1. The third-order valence-electron chi connectivity index (χ3n) is 4.41. The summed E-state index contributed by atoms with van der Waals surface area (Å²) >= 11 is 0. The van der Waals surface area contributed by atoms with Crippen molar-refractivity contribution in [2.75, 3.05) is 24.5 Å². The van der Waals surface area contributed by atoms with Crippen LogP contribution in [0.2, 0.25) is 0 Å². The molecule has 1 amide bonds. The maximum atomic E-state index is 12.3. The standard InChI is InChI=1S/C19H24N4O/c1-15-6-5-11-23(13-15)18-12-17(21-14-22-18)19(24)20-10-9-16-7-3-2-4-8-16/h2-4,7-8,12,14-15H,5-6,9-11,13H2,1H3,(H,20,24). The number of amides is 1. The van der Waals surface area contributed by atoms with Crippen molar-refractivity contribution in [3.8, 4) is 0 Å². The van der Waals surface area contributed by atoms with Crippen LogP contribution in [0.5, 0.6) is 0 Å². The molecule has 1 atom stereocenters. The molecule has 1 saturated heterocycles. The molecule has 3 rings (SSSR count). The quantitative estimate of drug-likeness (QED) is 0.919. The number of carbonyl (C=O) groups excluding carboxylic acids is 1. The first-order chi connectivity index (χ1) is 11.7. The molecule has 126 valence electrons. The molecule has 5 nitrogen and oxygen atoms in total. The van der Waals surface area contributed by atoms with Crippen LogP contribution in [0.1, 0.15) is 35.8 Å². The number of nitrogens with one attached hydrogen (secondary N) is 1. The number of piperidine rings is 1. The lowest BCUT2D eigenvalue weighted by Gasteiger charge is -2.31. The predicted octanol–water partition coefficient (Wildman–Crippen LogP) is 2.69. The van der Waals surface area contributed by atoms with E-state index in [4.69, 9.17) is 0 Å². The third kappa shape index (κ3) is 4.31. The molecular formula is C19H24N4O. The van der Waals surface area contributed by atoms with E-state index < -0.39 is 0 Å². The Bertz CT molecular complexity index is 674. The summed E-state index contributed by atoms with van der Waals surface area (Å²) in [5.41, 5.74) is 1.65. The molecule has 1 aromatic heterocycles. The van der Waals surface area contributed by atoms with Gasteiger partial charge in [-0.25, -0.2) is 9.97 Å². The molecule has 1 unspecified atom stereocenters. The zero-order chi connectivity index (χ0) is 16.8. The Morgan fingerprint density at radius 3 is 2.92 bits per heavy atom. The fraction of sp³-hybridized carbons (Fsp3) is 0.421. The molecule has 1 aliphatic rings. The Labute approximate surface area is 143 Å². The summed E-state index contributed by atoms with van der Waals surface area (Å²) in [5, 5.41) is 2.94. The Morgan fingerprint density at radius 2 is 2.12 bits per heavy atom. The lowest BCUT2D eigenvalue weighted by Crippen LogP contribution is -2.35. The van der Waals surface area contributed by atoms with E-state index in [1.165, 1.54) is 24.7 Å². The number of rotatable bonds is 5. The van der Waals surface area contributed by atoms with Gasteiger partial charge in [0.15, 0.2) is 0 Å². The van der Waals surface area contributed by atoms with Gasteiger partial charge in [0.05, 0.1) is 0 Å². The molecule has 1 fully saturated rings. The molecule has 0 saturated carbocycles. The smallest absolute Gasteiger partial charge is 0.270 e. The first-order valence-corrected chi connectivity index (χ1v) is 8.61. The predicted molar refractivity (Wildman–Crippen MR) is 95.1 cm³/mol. The largest absolute Gasteiger partial charge is 0.356 e. The molecule has 1 aliphatic heterocycles. The van der Waals surface area contributed by atoms with E-state index in [9.17, 15) is 4.79 Å². The van der Waals surface area contributed by atoms with E-state index in [1.54, 1.807) is 6.07 Å². The molecule has 0 bridgehead atoms. The maximum Gasteiger partial charge on any atom is 0.270 e. The van der Waals surface area contributed by atoms with Crippen molar-refractivity contribution in [3.63, 3.8) is 0 Å². The van der Waals surface area contributed by atoms with Gasteiger partial charge in [0.25, 0.3) is 5.91 Å². The topological polar surface area (TPSA) is 58.1 Å². The van der Waals surface area contributed by atoms with E-state index >= 15 is 0 Å². The van der Waals surface area contributed by atoms with Crippen LogP contribution in [0.3, 0.4) is 0 Å². The van der Waals surface area contributed by atoms with Gasteiger partial charge in [-0.15, -0.1) is 0 Å². The lowest BCUT2D eigenvalue weighted by atomic mass is 10.0. The highest BCUT2D eigenvalue weighted by atomic mass is 16.1. The van der Waals surface area contributed by atoms with Crippen LogP contribution in [-0.4, -0.2) is 35.5 Å². The van der Waals surface area contributed by atoms with Gasteiger partial charge in [-0.1, -0.05) is 37.3 Å².